The molecule has 1 rings (SSSR count). The van der Waals surface area contributed by atoms with Crippen molar-refractivity contribution < 1.29 is 23.1 Å². The molecule has 1 atom stereocenters. The van der Waals surface area contributed by atoms with Crippen LogP contribution in [0.2, 0.25) is 0 Å². The molecule has 3 nitrogen and oxygen atoms in total. The largest absolute Gasteiger partial charge is 0.396 e. The molecule has 0 aliphatic carbocycles. The third-order valence-electron chi connectivity index (χ3n) is 3.65. The van der Waals surface area contributed by atoms with E-state index >= 15 is 0 Å². The highest BCUT2D eigenvalue weighted by Gasteiger charge is 2.45. The van der Waals surface area contributed by atoms with E-state index in [-0.39, 0.29) is 5.91 Å². The van der Waals surface area contributed by atoms with Gasteiger partial charge in [-0.2, -0.15) is 13.2 Å². The van der Waals surface area contributed by atoms with E-state index in [0.29, 0.717) is 25.9 Å². The van der Waals surface area contributed by atoms with E-state index in [2.05, 4.69) is 0 Å². The van der Waals surface area contributed by atoms with Crippen LogP contribution in [0.4, 0.5) is 13.2 Å². The number of likely N-dealkylation sites (tertiary alicyclic amines) is 1. The summed E-state index contributed by atoms with van der Waals surface area (Å²) in [5.41, 5.74) is -0.507. The Morgan fingerprint density at radius 2 is 1.74 bits per heavy atom. The van der Waals surface area contributed by atoms with Crippen LogP contribution in [0.25, 0.3) is 0 Å². The van der Waals surface area contributed by atoms with E-state index in [4.69, 9.17) is 5.11 Å². The summed E-state index contributed by atoms with van der Waals surface area (Å²) < 4.78 is 38.1. The van der Waals surface area contributed by atoms with Crippen molar-refractivity contribution in [3.8, 4) is 0 Å². The van der Waals surface area contributed by atoms with E-state index < -0.39 is 30.0 Å². The molecule has 0 radical (unpaired) electrons. The molecule has 0 saturated carbocycles. The number of piperidine rings is 1. The molecule has 1 N–H and O–H groups in total. The first kappa shape index (κ1) is 16.3. The maximum Gasteiger partial charge on any atom is 0.394 e. The lowest BCUT2D eigenvalue weighted by Gasteiger charge is -2.38. The molecule has 0 aromatic rings. The number of carbonyl (C=O) groups excluding carboxylic acids is 1. The van der Waals surface area contributed by atoms with Crippen LogP contribution in [-0.2, 0) is 4.79 Å². The fourth-order valence-electron chi connectivity index (χ4n) is 2.50. The molecule has 19 heavy (non-hydrogen) atoms. The van der Waals surface area contributed by atoms with E-state index in [9.17, 15) is 18.0 Å². The minimum atomic E-state index is -4.37. The molecular formula is C13H22F3NO2. The molecule has 1 amide bonds. The summed E-state index contributed by atoms with van der Waals surface area (Å²) >= 11 is 0. The number of nitrogens with zero attached hydrogens (tertiary/aromatic N) is 1. The van der Waals surface area contributed by atoms with Gasteiger partial charge in [0, 0.05) is 18.5 Å². The number of amides is 1. The highest BCUT2D eigenvalue weighted by Crippen LogP contribution is 2.37. The molecule has 112 valence electrons. The van der Waals surface area contributed by atoms with Crippen LogP contribution >= 0.6 is 0 Å². The van der Waals surface area contributed by atoms with Crippen LogP contribution in [0.1, 0.15) is 33.6 Å². The number of hydrogen-bond donors (Lipinski definition) is 1. The molecule has 0 bridgehead atoms. The fraction of sp³-hybridized carbons (Fsp3) is 0.923. The van der Waals surface area contributed by atoms with E-state index in [1.807, 2.05) is 0 Å². The standard InChI is InChI=1S/C13H22F3NO2/c1-12(2,3)11(19)17-6-4-9(5-7-17)10(8-18)13(14,15)16/h9-10,18H,4-8H2,1-3H3. The first-order chi connectivity index (χ1) is 8.57. The summed E-state index contributed by atoms with van der Waals surface area (Å²) in [6.07, 6.45) is -3.77. The molecular weight excluding hydrogens is 259 g/mol. The number of halogens is 3. The number of carbonyl (C=O) groups is 1. The Kier molecular flexibility index (Phi) is 4.87. The van der Waals surface area contributed by atoms with Crippen molar-refractivity contribution in [2.45, 2.75) is 39.8 Å². The lowest BCUT2D eigenvalue weighted by Crippen LogP contribution is -2.47. The zero-order valence-corrected chi connectivity index (χ0v) is 11.6. The monoisotopic (exact) mass is 281 g/mol. The van der Waals surface area contributed by atoms with E-state index in [1.165, 1.54) is 0 Å². The highest BCUT2D eigenvalue weighted by atomic mass is 19.4. The summed E-state index contributed by atoms with van der Waals surface area (Å²) in [4.78, 5) is 13.6. The minimum Gasteiger partial charge on any atom is -0.396 e. The maximum atomic E-state index is 12.7. The molecule has 1 fully saturated rings. The van der Waals surface area contributed by atoms with Crippen molar-refractivity contribution >= 4 is 5.91 Å². The quantitative estimate of drug-likeness (QED) is 0.844. The van der Waals surface area contributed by atoms with Crippen molar-refractivity contribution in [3.63, 3.8) is 0 Å². The third kappa shape index (κ3) is 4.09. The molecule has 1 heterocycles. The normalized spacial score (nSPS) is 20.5. The average molecular weight is 281 g/mol. The number of rotatable bonds is 2. The maximum absolute atomic E-state index is 12.7. The lowest BCUT2D eigenvalue weighted by atomic mass is 9.83. The molecule has 0 aromatic heterocycles. The van der Waals surface area contributed by atoms with Crippen molar-refractivity contribution in [1.82, 2.24) is 4.90 Å². The van der Waals surface area contributed by atoms with Gasteiger partial charge in [-0.3, -0.25) is 4.79 Å². The molecule has 6 heteroatoms. The average Bonchev–Trinajstić information content (AvgIpc) is 2.27. The summed E-state index contributed by atoms with van der Waals surface area (Å²) in [5, 5.41) is 8.92. The Morgan fingerprint density at radius 3 is 2.05 bits per heavy atom. The van der Waals surface area contributed by atoms with E-state index in [0.717, 1.165) is 0 Å². The first-order valence-corrected chi connectivity index (χ1v) is 6.54. The Bertz CT molecular complexity index is 315. The Morgan fingerprint density at radius 1 is 1.26 bits per heavy atom. The van der Waals surface area contributed by atoms with Crippen LogP contribution in [0.3, 0.4) is 0 Å². The minimum absolute atomic E-state index is 0.0292. The van der Waals surface area contributed by atoms with Crippen molar-refractivity contribution in [2.24, 2.45) is 17.3 Å². The molecule has 1 unspecified atom stereocenters. The van der Waals surface area contributed by atoms with Gasteiger partial charge in [-0.1, -0.05) is 20.8 Å². The van der Waals surface area contributed by atoms with Crippen LogP contribution in [-0.4, -0.2) is 41.8 Å². The fourth-order valence-corrected chi connectivity index (χ4v) is 2.50. The van der Waals surface area contributed by atoms with Crippen LogP contribution in [0.5, 0.6) is 0 Å². The van der Waals surface area contributed by atoms with E-state index in [1.54, 1.807) is 25.7 Å². The predicted molar refractivity (Wildman–Crippen MR) is 65.4 cm³/mol. The van der Waals surface area contributed by atoms with Crippen LogP contribution in [0.15, 0.2) is 0 Å². The van der Waals surface area contributed by atoms with Crippen LogP contribution < -0.4 is 0 Å². The Balaban J connectivity index is 2.60. The van der Waals surface area contributed by atoms with Gasteiger partial charge in [0.2, 0.25) is 5.91 Å². The van der Waals surface area contributed by atoms with Gasteiger partial charge in [0.15, 0.2) is 0 Å². The van der Waals surface area contributed by atoms with Gasteiger partial charge in [0.1, 0.15) is 0 Å². The number of alkyl halides is 3. The van der Waals surface area contributed by atoms with Gasteiger partial charge >= 0.3 is 6.18 Å². The van der Waals surface area contributed by atoms with Gasteiger partial charge in [-0.15, -0.1) is 0 Å². The van der Waals surface area contributed by atoms with Gasteiger partial charge in [-0.25, -0.2) is 0 Å². The lowest BCUT2D eigenvalue weighted by molar-refractivity contribution is -0.202. The van der Waals surface area contributed by atoms with Crippen LogP contribution in [0, 0.1) is 17.3 Å². The van der Waals surface area contributed by atoms with Gasteiger partial charge in [0.05, 0.1) is 12.5 Å². The van der Waals surface area contributed by atoms with Crippen molar-refractivity contribution in [1.29, 1.82) is 0 Å². The molecule has 0 aromatic carbocycles. The smallest absolute Gasteiger partial charge is 0.394 e. The van der Waals surface area contributed by atoms with Crippen molar-refractivity contribution in [2.75, 3.05) is 19.7 Å². The molecule has 1 aliphatic rings. The van der Waals surface area contributed by atoms with Gasteiger partial charge in [-0.05, 0) is 18.8 Å². The number of aliphatic hydroxyl groups is 1. The summed E-state index contributed by atoms with van der Waals surface area (Å²) in [6.45, 7) is 5.21. The number of aliphatic hydroxyl groups excluding tert-OH is 1. The molecule has 1 saturated heterocycles. The second-order valence-corrected chi connectivity index (χ2v) is 6.21. The van der Waals surface area contributed by atoms with Gasteiger partial charge in [0.25, 0.3) is 0 Å². The van der Waals surface area contributed by atoms with Crippen molar-refractivity contribution in [3.05, 3.63) is 0 Å². The molecule has 0 spiro atoms. The van der Waals surface area contributed by atoms with Gasteiger partial charge < -0.3 is 10.0 Å². The second-order valence-electron chi connectivity index (χ2n) is 6.21. The zero-order chi connectivity index (χ0) is 14.8. The summed E-state index contributed by atoms with van der Waals surface area (Å²) in [7, 11) is 0. The highest BCUT2D eigenvalue weighted by molar-refractivity contribution is 5.81. The summed E-state index contributed by atoms with van der Waals surface area (Å²) in [5.74, 6) is -2.29. The number of hydrogen-bond acceptors (Lipinski definition) is 2. The zero-order valence-electron chi connectivity index (χ0n) is 11.6. The summed E-state index contributed by atoms with van der Waals surface area (Å²) in [6, 6.07) is 0. The SMILES string of the molecule is CC(C)(C)C(=O)N1CCC(C(CO)C(F)(F)F)CC1. The first-order valence-electron chi connectivity index (χ1n) is 6.54. The predicted octanol–water partition coefficient (Wildman–Crippen LogP) is 2.44. The third-order valence-corrected chi connectivity index (χ3v) is 3.65. The Labute approximate surface area is 111 Å². The Hall–Kier alpha value is -0.780. The second kappa shape index (κ2) is 5.69. The topological polar surface area (TPSA) is 40.5 Å². The molecule has 1 aliphatic heterocycles.